The van der Waals surface area contributed by atoms with Crippen molar-refractivity contribution in [3.63, 3.8) is 0 Å². The lowest BCUT2D eigenvalue weighted by Crippen LogP contribution is -2.15. The monoisotopic (exact) mass is 294 g/mol. The van der Waals surface area contributed by atoms with Crippen LogP contribution in [0.5, 0.6) is 0 Å². The second-order valence-corrected chi connectivity index (χ2v) is 5.20. The molecule has 0 spiro atoms. The van der Waals surface area contributed by atoms with E-state index in [2.05, 4.69) is 0 Å². The Morgan fingerprint density at radius 1 is 1.14 bits per heavy atom. The fourth-order valence-electron chi connectivity index (χ4n) is 2.41. The van der Waals surface area contributed by atoms with Gasteiger partial charge in [0.15, 0.2) is 0 Å². The Bertz CT molecular complexity index is 568. The molecule has 1 aliphatic rings. The lowest BCUT2D eigenvalue weighted by Gasteiger charge is -2.11. The quantitative estimate of drug-likeness (QED) is 0.479. The van der Waals surface area contributed by atoms with Crippen molar-refractivity contribution in [1.82, 2.24) is 0 Å². The highest BCUT2D eigenvalue weighted by Gasteiger charge is 2.27. The summed E-state index contributed by atoms with van der Waals surface area (Å²) in [5.74, 6) is -0.303. The van der Waals surface area contributed by atoms with Crippen LogP contribution in [0, 0.1) is 26.1 Å². The smallest absolute Gasteiger partial charge is 0.338 e. The van der Waals surface area contributed by atoms with Crippen molar-refractivity contribution in [1.29, 1.82) is 0 Å². The number of hydrogen-bond acceptors (Lipinski definition) is 6. The highest BCUT2D eigenvalue weighted by molar-refractivity contribution is 5.91. The fourth-order valence-corrected chi connectivity index (χ4v) is 2.41. The van der Waals surface area contributed by atoms with Gasteiger partial charge >= 0.3 is 5.97 Å². The molecule has 0 bridgehead atoms. The number of carbonyl (C=O) groups is 1. The zero-order chi connectivity index (χ0) is 15.6. The molecule has 2 unspecified atom stereocenters. The summed E-state index contributed by atoms with van der Waals surface area (Å²) >= 11 is 0. The third-order valence-electron chi connectivity index (χ3n) is 3.48. The average Bonchev–Trinajstić information content (AvgIpc) is 2.83. The Labute approximate surface area is 120 Å². The van der Waals surface area contributed by atoms with Crippen LogP contribution in [0.3, 0.4) is 0 Å². The summed E-state index contributed by atoms with van der Waals surface area (Å²) < 4.78 is 5.25. The molecule has 8 nitrogen and oxygen atoms in total. The van der Waals surface area contributed by atoms with Gasteiger partial charge in [0.05, 0.1) is 21.5 Å². The van der Waals surface area contributed by atoms with Crippen LogP contribution < -0.4 is 0 Å². The molecule has 8 heteroatoms. The van der Waals surface area contributed by atoms with Crippen LogP contribution in [-0.2, 0) is 4.74 Å². The summed E-state index contributed by atoms with van der Waals surface area (Å²) in [6.07, 6.45) is 2.20. The molecule has 1 aromatic carbocycles. The first kappa shape index (κ1) is 14.9. The molecule has 112 valence electrons. The van der Waals surface area contributed by atoms with Gasteiger partial charge in [-0.2, -0.15) is 0 Å². The highest BCUT2D eigenvalue weighted by Crippen LogP contribution is 2.29. The molecular weight excluding hydrogens is 280 g/mol. The predicted molar refractivity (Wildman–Crippen MR) is 72.0 cm³/mol. The minimum atomic E-state index is -0.776. The van der Waals surface area contributed by atoms with E-state index in [-0.39, 0.29) is 11.7 Å². The second-order valence-electron chi connectivity index (χ2n) is 5.20. The Morgan fingerprint density at radius 2 is 1.71 bits per heavy atom. The van der Waals surface area contributed by atoms with Crippen LogP contribution in [0.25, 0.3) is 0 Å². The Morgan fingerprint density at radius 3 is 2.14 bits per heavy atom. The van der Waals surface area contributed by atoms with E-state index in [1.165, 1.54) is 0 Å². The number of benzene rings is 1. The maximum absolute atomic E-state index is 12.0. The van der Waals surface area contributed by atoms with E-state index < -0.39 is 27.2 Å². The van der Waals surface area contributed by atoms with Gasteiger partial charge < -0.3 is 4.74 Å². The van der Waals surface area contributed by atoms with Crippen LogP contribution in [0.15, 0.2) is 18.2 Å². The standard InChI is InChI=1S/C13H14N2O6/c1-8-2-3-12(4-8)21-13(16)9-5-10(14(17)18)7-11(6-9)15(19)20/h5-8,12H,2-4H2,1H3. The van der Waals surface area contributed by atoms with E-state index in [4.69, 9.17) is 4.74 Å². The number of nitro groups is 2. The third kappa shape index (κ3) is 3.53. The van der Waals surface area contributed by atoms with Crippen molar-refractivity contribution >= 4 is 17.3 Å². The highest BCUT2D eigenvalue weighted by atomic mass is 16.6. The van der Waals surface area contributed by atoms with Gasteiger partial charge in [0.1, 0.15) is 6.10 Å². The van der Waals surface area contributed by atoms with Crippen LogP contribution >= 0.6 is 0 Å². The van der Waals surface area contributed by atoms with Crippen LogP contribution in [0.2, 0.25) is 0 Å². The number of ether oxygens (including phenoxy) is 1. The molecule has 0 N–H and O–H groups in total. The molecule has 1 saturated carbocycles. The van der Waals surface area contributed by atoms with Crippen molar-refractivity contribution in [3.8, 4) is 0 Å². The SMILES string of the molecule is CC1CCC(OC(=O)c2cc([N+](=O)[O-])cc([N+](=O)[O-])c2)C1. The summed E-state index contributed by atoms with van der Waals surface area (Å²) in [6, 6.07) is 2.80. The van der Waals surface area contributed by atoms with Crippen LogP contribution in [-0.4, -0.2) is 21.9 Å². The summed E-state index contributed by atoms with van der Waals surface area (Å²) in [5.41, 5.74) is -1.18. The maximum atomic E-state index is 12.0. The van der Waals surface area contributed by atoms with Crippen LogP contribution in [0.4, 0.5) is 11.4 Å². The first-order valence-corrected chi connectivity index (χ1v) is 6.51. The molecule has 2 atom stereocenters. The van der Waals surface area contributed by atoms with Gasteiger partial charge in [0, 0.05) is 12.1 Å². The van der Waals surface area contributed by atoms with Crippen molar-refractivity contribution < 1.29 is 19.4 Å². The molecule has 0 radical (unpaired) electrons. The second kappa shape index (κ2) is 5.86. The topological polar surface area (TPSA) is 113 Å². The average molecular weight is 294 g/mol. The minimum absolute atomic E-state index is 0.171. The van der Waals surface area contributed by atoms with E-state index in [1.807, 2.05) is 6.92 Å². The lowest BCUT2D eigenvalue weighted by atomic mass is 10.1. The molecule has 1 fully saturated rings. The zero-order valence-corrected chi connectivity index (χ0v) is 11.4. The molecule has 0 aromatic heterocycles. The van der Waals surface area contributed by atoms with Gasteiger partial charge in [0.2, 0.25) is 0 Å². The predicted octanol–water partition coefficient (Wildman–Crippen LogP) is 2.85. The number of nitro benzene ring substituents is 2. The molecule has 0 heterocycles. The Hall–Kier alpha value is -2.51. The van der Waals surface area contributed by atoms with Gasteiger partial charge in [-0.05, 0) is 25.2 Å². The van der Waals surface area contributed by atoms with Gasteiger partial charge in [-0.15, -0.1) is 0 Å². The molecular formula is C13H14N2O6. The molecule has 2 rings (SSSR count). The zero-order valence-electron chi connectivity index (χ0n) is 11.4. The van der Waals surface area contributed by atoms with E-state index in [0.717, 1.165) is 37.5 Å². The third-order valence-corrected chi connectivity index (χ3v) is 3.48. The normalized spacial score (nSPS) is 21.0. The van der Waals surface area contributed by atoms with Gasteiger partial charge in [0.25, 0.3) is 11.4 Å². The first-order chi connectivity index (χ1) is 9.86. The van der Waals surface area contributed by atoms with E-state index in [0.29, 0.717) is 5.92 Å². The summed E-state index contributed by atoms with van der Waals surface area (Å²) in [4.78, 5) is 32.0. The maximum Gasteiger partial charge on any atom is 0.338 e. The van der Waals surface area contributed by atoms with Crippen LogP contribution in [0.1, 0.15) is 36.5 Å². The number of esters is 1. The number of nitrogens with zero attached hydrogens (tertiary/aromatic N) is 2. The van der Waals surface area contributed by atoms with E-state index in [1.54, 1.807) is 0 Å². The molecule has 21 heavy (non-hydrogen) atoms. The largest absolute Gasteiger partial charge is 0.459 e. The van der Waals surface area contributed by atoms with E-state index in [9.17, 15) is 25.0 Å². The van der Waals surface area contributed by atoms with Crippen molar-refractivity contribution in [2.24, 2.45) is 5.92 Å². The summed E-state index contributed by atoms with van der Waals surface area (Å²) in [6.45, 7) is 2.05. The van der Waals surface area contributed by atoms with Crippen molar-refractivity contribution in [2.75, 3.05) is 0 Å². The number of carbonyl (C=O) groups excluding carboxylic acids is 1. The number of rotatable bonds is 4. The van der Waals surface area contributed by atoms with E-state index >= 15 is 0 Å². The molecule has 0 amide bonds. The molecule has 0 aliphatic heterocycles. The molecule has 0 saturated heterocycles. The molecule has 1 aromatic rings. The summed E-state index contributed by atoms with van der Waals surface area (Å²) in [5, 5.41) is 21.5. The Balaban J connectivity index is 2.23. The first-order valence-electron chi connectivity index (χ1n) is 6.51. The van der Waals surface area contributed by atoms with Crippen molar-refractivity contribution in [3.05, 3.63) is 44.0 Å². The van der Waals surface area contributed by atoms with Crippen molar-refractivity contribution in [2.45, 2.75) is 32.3 Å². The van der Waals surface area contributed by atoms with Gasteiger partial charge in [-0.1, -0.05) is 6.92 Å². The van der Waals surface area contributed by atoms with Gasteiger partial charge in [-0.25, -0.2) is 4.79 Å². The van der Waals surface area contributed by atoms with Gasteiger partial charge in [-0.3, -0.25) is 20.2 Å². The fraction of sp³-hybridized carbons (Fsp3) is 0.462. The minimum Gasteiger partial charge on any atom is -0.459 e. The summed E-state index contributed by atoms with van der Waals surface area (Å²) in [7, 11) is 0. The lowest BCUT2D eigenvalue weighted by molar-refractivity contribution is -0.394. The molecule has 1 aliphatic carbocycles. The number of hydrogen-bond donors (Lipinski definition) is 0. The number of non-ortho nitro benzene ring substituents is 2. The Kier molecular flexibility index (Phi) is 4.15.